The van der Waals surface area contributed by atoms with E-state index < -0.39 is 0 Å². The molecule has 2 atom stereocenters. The average molecular weight is 437 g/mol. The van der Waals surface area contributed by atoms with Gasteiger partial charge in [0.1, 0.15) is 5.39 Å². The number of anilines is 1. The molecule has 0 radical (unpaired) electrons. The van der Waals surface area contributed by atoms with Crippen molar-refractivity contribution >= 4 is 17.0 Å². The second-order valence-corrected chi connectivity index (χ2v) is 9.25. The minimum Gasteiger partial charge on any atom is -0.373 e. The number of benzene rings is 1. The molecule has 4 heterocycles. The van der Waals surface area contributed by atoms with Gasteiger partial charge in [0.05, 0.1) is 24.1 Å². The molecule has 1 N–H and O–H groups in total. The van der Waals surface area contributed by atoms with Crippen molar-refractivity contribution in [3.63, 3.8) is 0 Å². The van der Waals surface area contributed by atoms with Gasteiger partial charge in [-0.1, -0.05) is 18.2 Å². The molecule has 2 aliphatic rings. The molecule has 0 aliphatic carbocycles. The van der Waals surface area contributed by atoms with E-state index in [9.17, 15) is 4.79 Å². The Hall–Kier alpha value is -2.71. The zero-order chi connectivity index (χ0) is 22.1. The molecule has 32 heavy (non-hydrogen) atoms. The fourth-order valence-corrected chi connectivity index (χ4v) is 5.08. The van der Waals surface area contributed by atoms with E-state index in [0.29, 0.717) is 35.1 Å². The first-order chi connectivity index (χ1) is 15.6. The van der Waals surface area contributed by atoms with Crippen LogP contribution in [0.3, 0.4) is 0 Å². The van der Waals surface area contributed by atoms with Crippen LogP contribution in [0.15, 0.2) is 41.3 Å². The van der Waals surface area contributed by atoms with Crippen molar-refractivity contribution in [2.45, 2.75) is 45.3 Å². The monoisotopic (exact) mass is 436 g/mol. The lowest BCUT2D eigenvalue weighted by Crippen LogP contribution is -2.46. The molecular formula is C24H32N6O2. The SMILES string of the molecule is CC1CN(CCC2CCN(c3nc4c(cnn4-c4ccccc4)c(=O)[nH]3)CC2)CC(C)O1. The molecule has 1 aromatic carbocycles. The van der Waals surface area contributed by atoms with Crippen LogP contribution in [0.2, 0.25) is 0 Å². The summed E-state index contributed by atoms with van der Waals surface area (Å²) in [7, 11) is 0. The number of morpholine rings is 1. The topological polar surface area (TPSA) is 79.3 Å². The number of H-pyrrole nitrogens is 1. The standard InChI is InChI=1S/C24H32N6O2/c1-17-15-28(16-18(2)32-17)11-8-19-9-12-29(13-10-19)24-26-22-21(23(31)27-24)14-25-30(22)20-6-4-3-5-7-20/h3-7,14,17-19H,8-13,15-16H2,1-2H3,(H,26,27,31). The Balaban J connectivity index is 1.24. The average Bonchev–Trinajstić information content (AvgIpc) is 3.23. The fourth-order valence-electron chi connectivity index (χ4n) is 5.08. The van der Waals surface area contributed by atoms with Crippen molar-refractivity contribution in [3.8, 4) is 5.69 Å². The number of nitrogens with one attached hydrogen (secondary N) is 1. The number of para-hydroxylation sites is 1. The predicted molar refractivity (Wildman–Crippen MR) is 125 cm³/mol. The number of rotatable bonds is 5. The van der Waals surface area contributed by atoms with Crippen molar-refractivity contribution in [1.29, 1.82) is 0 Å². The largest absolute Gasteiger partial charge is 0.373 e. The van der Waals surface area contributed by atoms with Gasteiger partial charge in [-0.05, 0) is 57.7 Å². The molecule has 0 spiro atoms. The van der Waals surface area contributed by atoms with Gasteiger partial charge in [-0.15, -0.1) is 0 Å². The van der Waals surface area contributed by atoms with E-state index in [1.807, 2.05) is 30.3 Å². The molecule has 2 unspecified atom stereocenters. The van der Waals surface area contributed by atoms with E-state index in [4.69, 9.17) is 9.72 Å². The smallest absolute Gasteiger partial charge is 0.263 e. The van der Waals surface area contributed by atoms with Crippen LogP contribution in [0.25, 0.3) is 16.7 Å². The maximum atomic E-state index is 12.7. The third-order valence-corrected chi connectivity index (χ3v) is 6.69. The van der Waals surface area contributed by atoms with Crippen LogP contribution >= 0.6 is 0 Å². The number of fused-ring (bicyclic) bond motifs is 1. The lowest BCUT2D eigenvalue weighted by atomic mass is 9.93. The molecule has 8 nitrogen and oxygen atoms in total. The summed E-state index contributed by atoms with van der Waals surface area (Å²) in [5.41, 5.74) is 1.37. The first-order valence-corrected chi connectivity index (χ1v) is 11.7. The summed E-state index contributed by atoms with van der Waals surface area (Å²) in [6, 6.07) is 9.82. The maximum absolute atomic E-state index is 12.7. The van der Waals surface area contributed by atoms with Gasteiger partial charge in [0.15, 0.2) is 5.65 Å². The van der Waals surface area contributed by atoms with Crippen LogP contribution in [0.1, 0.15) is 33.1 Å². The van der Waals surface area contributed by atoms with Gasteiger partial charge in [0.2, 0.25) is 5.95 Å². The predicted octanol–water partition coefficient (Wildman–Crippen LogP) is 2.82. The third-order valence-electron chi connectivity index (χ3n) is 6.69. The van der Waals surface area contributed by atoms with Gasteiger partial charge >= 0.3 is 0 Å². The first kappa shape index (κ1) is 21.2. The summed E-state index contributed by atoms with van der Waals surface area (Å²) in [5, 5.41) is 4.92. The van der Waals surface area contributed by atoms with Crippen LogP contribution < -0.4 is 10.5 Å². The summed E-state index contributed by atoms with van der Waals surface area (Å²) in [4.78, 5) is 25.2. The number of nitrogens with zero attached hydrogens (tertiary/aromatic N) is 5. The summed E-state index contributed by atoms with van der Waals surface area (Å²) in [5.74, 6) is 1.36. The van der Waals surface area contributed by atoms with Gasteiger partial charge in [-0.2, -0.15) is 10.1 Å². The highest BCUT2D eigenvalue weighted by molar-refractivity contribution is 5.76. The van der Waals surface area contributed by atoms with E-state index in [0.717, 1.165) is 51.3 Å². The molecule has 8 heteroatoms. The highest BCUT2D eigenvalue weighted by Crippen LogP contribution is 2.25. The molecule has 0 bridgehead atoms. The van der Waals surface area contributed by atoms with Crippen LogP contribution in [0.5, 0.6) is 0 Å². The Bertz CT molecular complexity index is 1090. The number of hydrogen-bond donors (Lipinski definition) is 1. The summed E-state index contributed by atoms with van der Waals surface area (Å²) in [6.07, 6.45) is 5.70. The Labute approximate surface area is 188 Å². The van der Waals surface area contributed by atoms with Crippen molar-refractivity contribution < 1.29 is 4.74 Å². The van der Waals surface area contributed by atoms with Crippen LogP contribution in [0, 0.1) is 5.92 Å². The van der Waals surface area contributed by atoms with E-state index >= 15 is 0 Å². The lowest BCUT2D eigenvalue weighted by Gasteiger charge is -2.37. The molecule has 5 rings (SSSR count). The minimum atomic E-state index is -0.134. The molecule has 2 saturated heterocycles. The highest BCUT2D eigenvalue weighted by atomic mass is 16.5. The third kappa shape index (κ3) is 4.42. The summed E-state index contributed by atoms with van der Waals surface area (Å²) in [6.45, 7) is 9.35. The molecule has 0 amide bonds. The minimum absolute atomic E-state index is 0.134. The Morgan fingerprint density at radius 2 is 1.81 bits per heavy atom. The summed E-state index contributed by atoms with van der Waals surface area (Å²) < 4.78 is 7.59. The van der Waals surface area contributed by atoms with E-state index in [-0.39, 0.29) is 5.56 Å². The van der Waals surface area contributed by atoms with Crippen LogP contribution in [0.4, 0.5) is 5.95 Å². The van der Waals surface area contributed by atoms with Gasteiger partial charge < -0.3 is 9.64 Å². The molecule has 2 aromatic heterocycles. The van der Waals surface area contributed by atoms with Gasteiger partial charge in [0, 0.05) is 26.2 Å². The second-order valence-electron chi connectivity index (χ2n) is 9.25. The second kappa shape index (κ2) is 9.03. The number of ether oxygens (including phenoxy) is 1. The maximum Gasteiger partial charge on any atom is 0.263 e. The highest BCUT2D eigenvalue weighted by Gasteiger charge is 2.25. The van der Waals surface area contributed by atoms with Crippen molar-refractivity contribution in [1.82, 2.24) is 24.6 Å². The molecular weight excluding hydrogens is 404 g/mol. The first-order valence-electron chi connectivity index (χ1n) is 11.7. The molecule has 2 fully saturated rings. The van der Waals surface area contributed by atoms with Gasteiger partial charge in [-0.3, -0.25) is 14.7 Å². The van der Waals surface area contributed by atoms with Gasteiger partial charge in [-0.25, -0.2) is 4.68 Å². The van der Waals surface area contributed by atoms with Crippen LogP contribution in [-0.2, 0) is 4.74 Å². The molecule has 2 aliphatic heterocycles. The lowest BCUT2D eigenvalue weighted by molar-refractivity contribution is -0.0690. The van der Waals surface area contributed by atoms with Crippen molar-refractivity contribution in [2.24, 2.45) is 5.92 Å². The fraction of sp³-hybridized carbons (Fsp3) is 0.542. The Morgan fingerprint density at radius 3 is 2.53 bits per heavy atom. The van der Waals surface area contributed by atoms with E-state index in [1.54, 1.807) is 10.9 Å². The number of hydrogen-bond acceptors (Lipinski definition) is 6. The van der Waals surface area contributed by atoms with E-state index in [2.05, 4.69) is 33.7 Å². The summed E-state index contributed by atoms with van der Waals surface area (Å²) >= 11 is 0. The zero-order valence-corrected chi connectivity index (χ0v) is 18.9. The van der Waals surface area contributed by atoms with Crippen LogP contribution in [-0.4, -0.2) is 69.6 Å². The molecule has 170 valence electrons. The number of piperidine rings is 1. The Morgan fingerprint density at radius 1 is 1.09 bits per heavy atom. The van der Waals surface area contributed by atoms with Crippen molar-refractivity contribution in [3.05, 3.63) is 46.9 Å². The van der Waals surface area contributed by atoms with Crippen molar-refractivity contribution in [2.75, 3.05) is 37.6 Å². The zero-order valence-electron chi connectivity index (χ0n) is 18.9. The quantitative estimate of drug-likeness (QED) is 0.663. The Kier molecular flexibility index (Phi) is 5.97. The number of aromatic amines is 1. The molecule has 3 aromatic rings. The normalized spacial score (nSPS) is 23.1. The molecule has 0 saturated carbocycles. The van der Waals surface area contributed by atoms with Gasteiger partial charge in [0.25, 0.3) is 5.56 Å². The van der Waals surface area contributed by atoms with E-state index in [1.165, 1.54) is 6.42 Å². The number of aromatic nitrogens is 4.